The molecule has 31 heavy (non-hydrogen) atoms. The molecular formula is C24H36N4O3. The van der Waals surface area contributed by atoms with E-state index in [1.807, 2.05) is 11.1 Å². The number of nitrogens with zero attached hydrogens (tertiary/aromatic N) is 3. The van der Waals surface area contributed by atoms with Crippen molar-refractivity contribution in [2.45, 2.75) is 83.6 Å². The third-order valence-electron chi connectivity index (χ3n) is 7.35. The minimum Gasteiger partial charge on any atom is -0.450 e. The van der Waals surface area contributed by atoms with Crippen molar-refractivity contribution in [2.24, 2.45) is 11.3 Å². The first-order valence-corrected chi connectivity index (χ1v) is 11.7. The first-order chi connectivity index (χ1) is 14.7. The fourth-order valence-electron chi connectivity index (χ4n) is 5.30. The molecule has 2 amide bonds. The van der Waals surface area contributed by atoms with Crippen LogP contribution in [0.15, 0.2) is 12.3 Å². The molecule has 3 fully saturated rings. The van der Waals surface area contributed by atoms with Crippen LogP contribution in [0.5, 0.6) is 0 Å². The van der Waals surface area contributed by atoms with Gasteiger partial charge in [0, 0.05) is 48.3 Å². The van der Waals surface area contributed by atoms with E-state index in [9.17, 15) is 9.59 Å². The highest BCUT2D eigenvalue weighted by Crippen LogP contribution is 2.56. The number of rotatable bonds is 4. The summed E-state index contributed by atoms with van der Waals surface area (Å²) in [7, 11) is 0. The summed E-state index contributed by atoms with van der Waals surface area (Å²) in [6.07, 6.45) is 7.49. The molecule has 1 N–H and O–H groups in total. The lowest BCUT2D eigenvalue weighted by atomic mass is 9.56. The van der Waals surface area contributed by atoms with E-state index < -0.39 is 0 Å². The molecule has 1 aliphatic heterocycles. The van der Waals surface area contributed by atoms with Crippen LogP contribution in [0.1, 0.15) is 83.7 Å². The maximum atomic E-state index is 12.8. The molecule has 4 rings (SSSR count). The molecule has 2 heterocycles. The van der Waals surface area contributed by atoms with Crippen LogP contribution < -0.4 is 5.32 Å². The molecular weight excluding hydrogens is 392 g/mol. The van der Waals surface area contributed by atoms with Crippen molar-refractivity contribution in [1.82, 2.24) is 20.2 Å². The molecule has 0 radical (unpaired) electrons. The average Bonchev–Trinajstić information content (AvgIpc) is 2.68. The number of aromatic nitrogens is 2. The van der Waals surface area contributed by atoms with Crippen molar-refractivity contribution in [3.05, 3.63) is 23.8 Å². The third-order valence-corrected chi connectivity index (χ3v) is 7.35. The Hall–Kier alpha value is -2.18. The lowest BCUT2D eigenvalue weighted by molar-refractivity contribution is -0.142. The Labute approximate surface area is 185 Å². The number of carbonyl (C=O) groups excluding carboxylic acids is 2. The minimum absolute atomic E-state index is 0.0322. The number of ether oxygens (including phenoxy) is 1. The van der Waals surface area contributed by atoms with Crippen molar-refractivity contribution in [2.75, 3.05) is 19.7 Å². The van der Waals surface area contributed by atoms with E-state index in [1.54, 1.807) is 6.92 Å². The van der Waals surface area contributed by atoms with Gasteiger partial charge in [0.05, 0.1) is 6.61 Å². The van der Waals surface area contributed by atoms with Crippen LogP contribution in [0.3, 0.4) is 0 Å². The fourth-order valence-corrected chi connectivity index (χ4v) is 5.30. The van der Waals surface area contributed by atoms with Crippen LogP contribution in [0.4, 0.5) is 4.79 Å². The van der Waals surface area contributed by atoms with E-state index >= 15 is 0 Å². The highest BCUT2D eigenvalue weighted by atomic mass is 16.5. The average molecular weight is 429 g/mol. The molecule has 2 saturated carbocycles. The van der Waals surface area contributed by atoms with Crippen LogP contribution in [0.25, 0.3) is 0 Å². The van der Waals surface area contributed by atoms with E-state index in [0.29, 0.717) is 17.9 Å². The SMILES string of the molecule is CCOC(=O)NC1CC(C(=O)N2CCC3(CC2)CC(c2ccnc(C(C)(C)C)n2)C3)C1. The Bertz CT molecular complexity index is 812. The molecule has 3 aliphatic rings. The van der Waals surface area contributed by atoms with Gasteiger partial charge in [0.1, 0.15) is 5.82 Å². The highest BCUT2D eigenvalue weighted by Gasteiger charge is 2.48. The zero-order valence-corrected chi connectivity index (χ0v) is 19.3. The number of nitrogens with one attached hydrogen (secondary N) is 1. The van der Waals surface area contributed by atoms with Crippen molar-refractivity contribution in [1.29, 1.82) is 0 Å². The Morgan fingerprint density at radius 1 is 1.23 bits per heavy atom. The van der Waals surface area contributed by atoms with Gasteiger partial charge in [-0.3, -0.25) is 4.79 Å². The molecule has 0 aromatic carbocycles. The molecule has 2 aliphatic carbocycles. The quantitative estimate of drug-likeness (QED) is 0.789. The van der Waals surface area contributed by atoms with Crippen LogP contribution in [-0.4, -0.2) is 52.6 Å². The molecule has 0 bridgehead atoms. The summed E-state index contributed by atoms with van der Waals surface area (Å²) in [5.74, 6) is 1.75. The number of likely N-dealkylation sites (tertiary alicyclic amines) is 1. The summed E-state index contributed by atoms with van der Waals surface area (Å²) >= 11 is 0. The first kappa shape index (κ1) is 22.0. The highest BCUT2D eigenvalue weighted by molar-refractivity contribution is 5.80. The normalized spacial score (nSPS) is 25.5. The monoisotopic (exact) mass is 428 g/mol. The van der Waals surface area contributed by atoms with Gasteiger partial charge in [-0.2, -0.15) is 0 Å². The van der Waals surface area contributed by atoms with E-state index in [1.165, 1.54) is 18.5 Å². The van der Waals surface area contributed by atoms with E-state index in [-0.39, 0.29) is 29.4 Å². The zero-order valence-electron chi connectivity index (χ0n) is 19.3. The molecule has 1 aromatic rings. The maximum absolute atomic E-state index is 12.8. The maximum Gasteiger partial charge on any atom is 0.407 e. The Kier molecular flexibility index (Phi) is 5.97. The largest absolute Gasteiger partial charge is 0.450 e. The van der Waals surface area contributed by atoms with Gasteiger partial charge in [0.2, 0.25) is 5.91 Å². The standard InChI is InChI=1S/C24H36N4O3/c1-5-31-22(30)26-18-12-16(13-18)20(29)28-10-7-24(8-11-28)14-17(15-24)19-6-9-25-21(27-19)23(2,3)4/h6,9,16-18H,5,7-8,10-15H2,1-4H3,(H,26,30). The fraction of sp³-hybridized carbons (Fsp3) is 0.750. The number of amides is 2. The summed E-state index contributed by atoms with van der Waals surface area (Å²) < 4.78 is 4.91. The third kappa shape index (κ3) is 4.70. The molecule has 1 saturated heterocycles. The Morgan fingerprint density at radius 3 is 2.52 bits per heavy atom. The van der Waals surface area contributed by atoms with Gasteiger partial charge >= 0.3 is 6.09 Å². The lowest BCUT2D eigenvalue weighted by Crippen LogP contribution is -2.54. The molecule has 7 heteroatoms. The second-order valence-electron chi connectivity index (χ2n) is 10.7. The smallest absolute Gasteiger partial charge is 0.407 e. The molecule has 0 atom stereocenters. The molecule has 170 valence electrons. The van der Waals surface area contributed by atoms with Crippen molar-refractivity contribution >= 4 is 12.0 Å². The molecule has 7 nitrogen and oxygen atoms in total. The number of hydrogen-bond donors (Lipinski definition) is 1. The number of alkyl carbamates (subject to hydrolysis) is 1. The van der Waals surface area contributed by atoms with Crippen molar-refractivity contribution in [3.63, 3.8) is 0 Å². The van der Waals surface area contributed by atoms with Crippen LogP contribution >= 0.6 is 0 Å². The van der Waals surface area contributed by atoms with Gasteiger partial charge in [-0.1, -0.05) is 20.8 Å². The summed E-state index contributed by atoms with van der Waals surface area (Å²) in [5.41, 5.74) is 1.52. The number of piperidine rings is 1. The predicted molar refractivity (Wildman–Crippen MR) is 118 cm³/mol. The van der Waals surface area contributed by atoms with Gasteiger partial charge in [-0.05, 0) is 56.9 Å². The van der Waals surface area contributed by atoms with Gasteiger partial charge < -0.3 is 15.0 Å². The molecule has 0 unspecified atom stereocenters. The van der Waals surface area contributed by atoms with Gasteiger partial charge in [0.25, 0.3) is 0 Å². The van der Waals surface area contributed by atoms with Gasteiger partial charge in [-0.25, -0.2) is 14.8 Å². The van der Waals surface area contributed by atoms with E-state index in [0.717, 1.165) is 44.6 Å². The lowest BCUT2D eigenvalue weighted by Gasteiger charge is -2.53. The van der Waals surface area contributed by atoms with E-state index in [2.05, 4.69) is 37.1 Å². The first-order valence-electron chi connectivity index (χ1n) is 11.7. The predicted octanol–water partition coefficient (Wildman–Crippen LogP) is 3.79. The second-order valence-corrected chi connectivity index (χ2v) is 10.7. The molecule has 1 spiro atoms. The van der Waals surface area contributed by atoms with Crippen LogP contribution in [0.2, 0.25) is 0 Å². The Balaban J connectivity index is 1.22. The molecule has 1 aromatic heterocycles. The van der Waals surface area contributed by atoms with Crippen LogP contribution in [-0.2, 0) is 14.9 Å². The second kappa shape index (κ2) is 8.40. The summed E-state index contributed by atoms with van der Waals surface area (Å²) in [4.78, 5) is 35.7. The van der Waals surface area contributed by atoms with Gasteiger partial charge in [0.15, 0.2) is 0 Å². The van der Waals surface area contributed by atoms with Crippen molar-refractivity contribution < 1.29 is 14.3 Å². The summed E-state index contributed by atoms with van der Waals surface area (Å²) in [6.45, 7) is 10.3. The van der Waals surface area contributed by atoms with Crippen LogP contribution in [0, 0.1) is 11.3 Å². The number of carbonyl (C=O) groups is 2. The summed E-state index contributed by atoms with van der Waals surface area (Å²) in [5, 5.41) is 2.83. The topological polar surface area (TPSA) is 84.4 Å². The van der Waals surface area contributed by atoms with Crippen molar-refractivity contribution in [3.8, 4) is 0 Å². The summed E-state index contributed by atoms with van der Waals surface area (Å²) in [6, 6.07) is 2.14. The minimum atomic E-state index is -0.379. The number of hydrogen-bond acceptors (Lipinski definition) is 5. The Morgan fingerprint density at radius 2 is 1.90 bits per heavy atom. The zero-order chi connectivity index (χ0) is 22.2. The van der Waals surface area contributed by atoms with E-state index in [4.69, 9.17) is 9.72 Å². The van der Waals surface area contributed by atoms with Gasteiger partial charge in [-0.15, -0.1) is 0 Å².